The Morgan fingerprint density at radius 2 is 1.41 bits per heavy atom. The number of hydrogen-bond donors (Lipinski definition) is 2. The molecule has 0 aromatic carbocycles. The van der Waals surface area contributed by atoms with Crippen molar-refractivity contribution >= 4 is 11.9 Å². The zero-order valence-electron chi connectivity index (χ0n) is 12.0. The lowest BCUT2D eigenvalue weighted by Crippen LogP contribution is -2.48. The van der Waals surface area contributed by atoms with Crippen LogP contribution in [0, 0.1) is 16.2 Å². The Labute approximate surface area is 104 Å². The molecule has 0 atom stereocenters. The minimum atomic E-state index is -1.38. The van der Waals surface area contributed by atoms with Crippen molar-refractivity contribution in [2.24, 2.45) is 16.2 Å². The van der Waals surface area contributed by atoms with Crippen molar-refractivity contribution in [2.45, 2.75) is 48.5 Å². The molecule has 1 amide bonds. The number of carboxylic acid groups (broad SMARTS) is 1. The van der Waals surface area contributed by atoms with Gasteiger partial charge in [-0.1, -0.05) is 34.6 Å². The van der Waals surface area contributed by atoms with Crippen molar-refractivity contribution in [1.29, 1.82) is 0 Å². The maximum atomic E-state index is 11.8. The van der Waals surface area contributed by atoms with E-state index in [2.05, 4.69) is 39.9 Å². The molecule has 0 bridgehead atoms. The number of rotatable bonds is 4. The van der Waals surface area contributed by atoms with Crippen molar-refractivity contribution in [3.63, 3.8) is 0 Å². The van der Waals surface area contributed by atoms with E-state index in [1.54, 1.807) is 0 Å². The molecule has 0 saturated heterocycles. The van der Waals surface area contributed by atoms with Gasteiger partial charge < -0.3 is 10.4 Å². The van der Waals surface area contributed by atoms with Crippen LogP contribution in [-0.2, 0) is 9.59 Å². The number of amides is 1. The Kier molecular flexibility index (Phi) is 4.38. The molecule has 4 nitrogen and oxygen atoms in total. The molecule has 17 heavy (non-hydrogen) atoms. The highest BCUT2D eigenvalue weighted by Crippen LogP contribution is 2.37. The Hall–Kier alpha value is -1.06. The van der Waals surface area contributed by atoms with Crippen LogP contribution in [0.25, 0.3) is 0 Å². The molecule has 0 aliphatic heterocycles. The van der Waals surface area contributed by atoms with Crippen LogP contribution in [0.5, 0.6) is 0 Å². The molecule has 0 unspecified atom stereocenters. The number of carbonyl (C=O) groups is 2. The summed E-state index contributed by atoms with van der Waals surface area (Å²) in [6, 6.07) is 0. The van der Waals surface area contributed by atoms with Gasteiger partial charge in [-0.05, 0) is 24.7 Å². The average Bonchev–Trinajstić information content (AvgIpc) is 2.11. The van der Waals surface area contributed by atoms with E-state index in [1.807, 2.05) is 0 Å². The van der Waals surface area contributed by atoms with Crippen LogP contribution in [-0.4, -0.2) is 23.5 Å². The Morgan fingerprint density at radius 3 is 1.71 bits per heavy atom. The summed E-state index contributed by atoms with van der Waals surface area (Å²) >= 11 is 0. The molecule has 0 heterocycles. The molecule has 0 fully saturated rings. The molecule has 0 aliphatic carbocycles. The second-order valence-corrected chi connectivity index (χ2v) is 6.75. The largest absolute Gasteiger partial charge is 0.480 e. The van der Waals surface area contributed by atoms with Gasteiger partial charge in [-0.2, -0.15) is 0 Å². The number of carboxylic acids is 1. The lowest BCUT2D eigenvalue weighted by atomic mass is 9.69. The van der Waals surface area contributed by atoms with Crippen LogP contribution >= 0.6 is 0 Å². The molecule has 0 rings (SSSR count). The first-order valence-corrected chi connectivity index (χ1v) is 5.84. The average molecular weight is 243 g/mol. The monoisotopic (exact) mass is 243 g/mol. The predicted molar refractivity (Wildman–Crippen MR) is 67.7 cm³/mol. The molecule has 4 heteroatoms. The van der Waals surface area contributed by atoms with Crippen LogP contribution in [0.1, 0.15) is 48.5 Å². The van der Waals surface area contributed by atoms with Crippen molar-refractivity contribution in [2.75, 3.05) is 6.54 Å². The number of hydrogen-bond acceptors (Lipinski definition) is 2. The van der Waals surface area contributed by atoms with Crippen LogP contribution < -0.4 is 5.32 Å². The van der Waals surface area contributed by atoms with Crippen LogP contribution in [0.2, 0.25) is 0 Å². The van der Waals surface area contributed by atoms with Crippen molar-refractivity contribution in [1.82, 2.24) is 5.32 Å². The third-order valence-electron chi connectivity index (χ3n) is 3.82. The first-order chi connectivity index (χ1) is 7.32. The van der Waals surface area contributed by atoms with E-state index in [0.717, 1.165) is 0 Å². The Bertz CT molecular complexity index is 311. The van der Waals surface area contributed by atoms with Gasteiger partial charge in [0, 0.05) is 6.54 Å². The lowest BCUT2D eigenvalue weighted by Gasteiger charge is -2.39. The molecule has 0 aromatic heterocycles. The van der Waals surface area contributed by atoms with E-state index >= 15 is 0 Å². The third-order valence-corrected chi connectivity index (χ3v) is 3.82. The van der Waals surface area contributed by atoms with Gasteiger partial charge in [0.1, 0.15) is 5.41 Å². The van der Waals surface area contributed by atoms with Gasteiger partial charge in [-0.3, -0.25) is 9.59 Å². The Balaban J connectivity index is 4.61. The Morgan fingerprint density at radius 1 is 1.00 bits per heavy atom. The van der Waals surface area contributed by atoms with E-state index in [1.165, 1.54) is 13.8 Å². The maximum absolute atomic E-state index is 11.8. The number of nitrogens with one attached hydrogen (secondary N) is 1. The first-order valence-electron chi connectivity index (χ1n) is 5.84. The van der Waals surface area contributed by atoms with E-state index in [9.17, 15) is 9.59 Å². The molecule has 0 saturated carbocycles. The third kappa shape index (κ3) is 3.72. The lowest BCUT2D eigenvalue weighted by molar-refractivity contribution is -0.153. The number of carbonyl (C=O) groups excluding carboxylic acids is 1. The van der Waals surface area contributed by atoms with Gasteiger partial charge >= 0.3 is 5.97 Å². The summed E-state index contributed by atoms with van der Waals surface area (Å²) in [7, 11) is 0. The normalized spacial score (nSPS) is 13.4. The van der Waals surface area contributed by atoms with Crippen molar-refractivity contribution < 1.29 is 14.7 Å². The first kappa shape index (κ1) is 15.9. The van der Waals surface area contributed by atoms with Gasteiger partial charge in [-0.15, -0.1) is 0 Å². The molecule has 0 radical (unpaired) electrons. The highest BCUT2D eigenvalue weighted by Gasteiger charge is 2.38. The zero-order valence-corrected chi connectivity index (χ0v) is 12.0. The van der Waals surface area contributed by atoms with Crippen molar-refractivity contribution in [3.05, 3.63) is 0 Å². The summed E-state index contributed by atoms with van der Waals surface area (Å²) in [5.41, 5.74) is -1.45. The molecular weight excluding hydrogens is 218 g/mol. The molecular formula is C13H25NO3. The SMILES string of the molecule is CC(C)(C(=O)O)C(=O)NCC(C)(C)C(C)(C)C. The predicted octanol–water partition coefficient (Wildman–Crippen LogP) is 2.29. The van der Waals surface area contributed by atoms with E-state index in [4.69, 9.17) is 5.11 Å². The van der Waals surface area contributed by atoms with Gasteiger partial charge in [0.15, 0.2) is 0 Å². The van der Waals surface area contributed by atoms with Crippen LogP contribution in [0.15, 0.2) is 0 Å². The van der Waals surface area contributed by atoms with Gasteiger partial charge in [-0.25, -0.2) is 0 Å². The summed E-state index contributed by atoms with van der Waals surface area (Å²) in [6.45, 7) is 13.7. The second-order valence-electron chi connectivity index (χ2n) is 6.75. The molecule has 2 N–H and O–H groups in total. The fourth-order valence-corrected chi connectivity index (χ4v) is 0.885. The summed E-state index contributed by atoms with van der Waals surface area (Å²) in [5.74, 6) is -1.55. The zero-order chi connectivity index (χ0) is 14.1. The van der Waals surface area contributed by atoms with Crippen molar-refractivity contribution in [3.8, 4) is 0 Å². The quantitative estimate of drug-likeness (QED) is 0.744. The maximum Gasteiger partial charge on any atom is 0.318 e. The van der Waals surface area contributed by atoms with Gasteiger partial charge in [0.25, 0.3) is 0 Å². The molecule has 0 aromatic rings. The van der Waals surface area contributed by atoms with Crippen LogP contribution in [0.3, 0.4) is 0 Å². The second kappa shape index (κ2) is 4.67. The van der Waals surface area contributed by atoms with E-state index < -0.39 is 17.3 Å². The minimum absolute atomic E-state index is 0.0354. The van der Waals surface area contributed by atoms with E-state index in [-0.39, 0.29) is 10.8 Å². The molecule has 0 aliphatic rings. The molecule has 0 spiro atoms. The summed E-state index contributed by atoms with van der Waals surface area (Å²) in [4.78, 5) is 22.7. The number of aliphatic carboxylic acids is 1. The van der Waals surface area contributed by atoms with E-state index in [0.29, 0.717) is 6.54 Å². The topological polar surface area (TPSA) is 66.4 Å². The summed E-state index contributed by atoms with van der Waals surface area (Å²) < 4.78 is 0. The van der Waals surface area contributed by atoms with Crippen LogP contribution in [0.4, 0.5) is 0 Å². The van der Waals surface area contributed by atoms with Gasteiger partial charge in [0.2, 0.25) is 5.91 Å². The highest BCUT2D eigenvalue weighted by molar-refractivity contribution is 6.00. The highest BCUT2D eigenvalue weighted by atomic mass is 16.4. The molecule has 100 valence electrons. The summed E-state index contributed by atoms with van der Waals surface area (Å²) in [5, 5.41) is 11.7. The smallest absolute Gasteiger partial charge is 0.318 e. The standard InChI is InChI=1S/C13H25NO3/c1-11(2,3)12(4,5)8-14-9(15)13(6,7)10(16)17/h8H2,1-7H3,(H,14,15)(H,16,17). The van der Waals surface area contributed by atoms with Gasteiger partial charge in [0.05, 0.1) is 0 Å². The fraction of sp³-hybridized carbons (Fsp3) is 0.846. The fourth-order valence-electron chi connectivity index (χ4n) is 0.885. The minimum Gasteiger partial charge on any atom is -0.480 e. The summed E-state index contributed by atoms with van der Waals surface area (Å²) in [6.07, 6.45) is 0.